The van der Waals surface area contributed by atoms with Crippen molar-refractivity contribution in [1.82, 2.24) is 9.62 Å². The highest BCUT2D eigenvalue weighted by Gasteiger charge is 2.17. The van der Waals surface area contributed by atoms with Crippen molar-refractivity contribution < 1.29 is 13.2 Å². The first-order valence-corrected chi connectivity index (χ1v) is 10.8. The molecule has 0 aromatic heterocycles. The van der Waals surface area contributed by atoms with Crippen molar-refractivity contribution in [2.24, 2.45) is 0 Å². The average Bonchev–Trinajstić information content (AvgIpc) is 2.69. The van der Waals surface area contributed by atoms with E-state index in [1.165, 1.54) is 17.7 Å². The Labute approximate surface area is 162 Å². The molecule has 27 heavy (non-hydrogen) atoms. The van der Waals surface area contributed by atoms with Gasteiger partial charge in [0.2, 0.25) is 10.0 Å². The fourth-order valence-electron chi connectivity index (χ4n) is 2.74. The van der Waals surface area contributed by atoms with Gasteiger partial charge in [-0.15, -0.1) is 0 Å². The van der Waals surface area contributed by atoms with Crippen LogP contribution < -0.4 is 4.72 Å². The molecule has 0 aliphatic rings. The van der Waals surface area contributed by atoms with Crippen LogP contribution in [0.3, 0.4) is 0 Å². The molecule has 2 aromatic rings. The van der Waals surface area contributed by atoms with Crippen LogP contribution in [-0.4, -0.2) is 39.4 Å². The Morgan fingerprint density at radius 1 is 1.04 bits per heavy atom. The minimum Gasteiger partial charge on any atom is -0.342 e. The van der Waals surface area contributed by atoms with Crippen molar-refractivity contribution in [3.63, 3.8) is 0 Å². The van der Waals surface area contributed by atoms with Crippen LogP contribution in [0.15, 0.2) is 59.5 Å². The van der Waals surface area contributed by atoms with E-state index in [0.29, 0.717) is 25.1 Å². The Kier molecular flexibility index (Phi) is 8.00. The first-order chi connectivity index (χ1) is 12.9. The van der Waals surface area contributed by atoms with E-state index in [1.807, 2.05) is 30.3 Å². The van der Waals surface area contributed by atoms with Crippen molar-refractivity contribution >= 4 is 15.9 Å². The van der Waals surface area contributed by atoms with Gasteiger partial charge < -0.3 is 4.90 Å². The van der Waals surface area contributed by atoms with Gasteiger partial charge in [-0.3, -0.25) is 4.79 Å². The van der Waals surface area contributed by atoms with Crippen molar-refractivity contribution in [3.8, 4) is 0 Å². The number of rotatable bonds is 10. The third-order valence-corrected chi connectivity index (χ3v) is 5.82. The van der Waals surface area contributed by atoms with Gasteiger partial charge in [-0.1, -0.05) is 49.7 Å². The van der Waals surface area contributed by atoms with Gasteiger partial charge in [0.1, 0.15) is 0 Å². The molecule has 0 fully saturated rings. The summed E-state index contributed by atoms with van der Waals surface area (Å²) in [5.41, 5.74) is 1.57. The van der Waals surface area contributed by atoms with E-state index in [0.717, 1.165) is 19.3 Å². The fraction of sp³-hybridized carbons (Fsp3) is 0.381. The maximum Gasteiger partial charge on any atom is 0.253 e. The van der Waals surface area contributed by atoms with Crippen LogP contribution in [0.5, 0.6) is 0 Å². The molecule has 0 saturated heterocycles. The highest BCUT2D eigenvalue weighted by Crippen LogP contribution is 2.13. The topological polar surface area (TPSA) is 66.5 Å². The SMILES string of the molecule is CCCCN(C)C(=O)c1cccc(S(=O)(=O)NCCCc2ccccc2)c1. The van der Waals surface area contributed by atoms with E-state index in [2.05, 4.69) is 11.6 Å². The van der Waals surface area contributed by atoms with E-state index in [4.69, 9.17) is 0 Å². The Balaban J connectivity index is 1.96. The number of amides is 1. The smallest absolute Gasteiger partial charge is 0.253 e. The van der Waals surface area contributed by atoms with Crippen molar-refractivity contribution in [2.45, 2.75) is 37.5 Å². The molecule has 146 valence electrons. The third-order valence-electron chi connectivity index (χ3n) is 4.36. The molecule has 0 aliphatic carbocycles. The van der Waals surface area contributed by atoms with Crippen LogP contribution >= 0.6 is 0 Å². The average molecular weight is 389 g/mol. The quantitative estimate of drug-likeness (QED) is 0.634. The van der Waals surface area contributed by atoms with Crippen LogP contribution in [0.25, 0.3) is 0 Å². The third kappa shape index (κ3) is 6.48. The Hall–Kier alpha value is -2.18. The summed E-state index contributed by atoms with van der Waals surface area (Å²) in [4.78, 5) is 14.2. The zero-order chi connectivity index (χ0) is 19.7. The summed E-state index contributed by atoms with van der Waals surface area (Å²) >= 11 is 0. The zero-order valence-corrected chi connectivity index (χ0v) is 16.8. The second-order valence-electron chi connectivity index (χ2n) is 6.60. The normalized spacial score (nSPS) is 11.3. The second kappa shape index (κ2) is 10.2. The highest BCUT2D eigenvalue weighted by molar-refractivity contribution is 7.89. The Bertz CT molecular complexity index is 836. The number of nitrogens with one attached hydrogen (secondary N) is 1. The predicted molar refractivity (Wildman–Crippen MR) is 108 cm³/mol. The number of carbonyl (C=O) groups is 1. The molecule has 0 atom stereocenters. The molecule has 0 spiro atoms. The molecule has 0 bridgehead atoms. The van der Waals surface area contributed by atoms with Gasteiger partial charge in [-0.05, 0) is 43.0 Å². The second-order valence-corrected chi connectivity index (χ2v) is 8.36. The molecule has 0 aliphatic heterocycles. The van der Waals surface area contributed by atoms with E-state index in [1.54, 1.807) is 24.1 Å². The number of sulfonamides is 1. The number of unbranched alkanes of at least 4 members (excludes halogenated alkanes) is 1. The standard InChI is InChI=1S/C21H28N2O3S/c1-3-4-16-23(2)21(24)19-13-8-14-20(17-19)27(25,26)22-15-9-12-18-10-6-5-7-11-18/h5-8,10-11,13-14,17,22H,3-4,9,12,15-16H2,1-2H3. The molecule has 1 amide bonds. The monoisotopic (exact) mass is 388 g/mol. The van der Waals surface area contributed by atoms with Gasteiger partial charge in [0.25, 0.3) is 5.91 Å². The summed E-state index contributed by atoms with van der Waals surface area (Å²) in [7, 11) is -1.90. The van der Waals surface area contributed by atoms with E-state index in [-0.39, 0.29) is 10.8 Å². The summed E-state index contributed by atoms with van der Waals surface area (Å²) < 4.78 is 27.7. The number of nitrogens with zero attached hydrogens (tertiary/aromatic N) is 1. The van der Waals surface area contributed by atoms with Gasteiger partial charge in [0.05, 0.1) is 4.90 Å². The molecule has 0 radical (unpaired) electrons. The van der Waals surface area contributed by atoms with Crippen LogP contribution in [0.1, 0.15) is 42.1 Å². The molecular formula is C21H28N2O3S. The van der Waals surface area contributed by atoms with E-state index >= 15 is 0 Å². The van der Waals surface area contributed by atoms with Gasteiger partial charge in [0.15, 0.2) is 0 Å². The van der Waals surface area contributed by atoms with Crippen molar-refractivity contribution in [1.29, 1.82) is 0 Å². The van der Waals surface area contributed by atoms with Gasteiger partial charge >= 0.3 is 0 Å². The van der Waals surface area contributed by atoms with Crippen LogP contribution in [-0.2, 0) is 16.4 Å². The van der Waals surface area contributed by atoms with Gasteiger partial charge in [0, 0.05) is 25.7 Å². The molecular weight excluding hydrogens is 360 g/mol. The summed E-state index contributed by atoms with van der Waals surface area (Å²) in [6, 6.07) is 16.2. The number of hydrogen-bond donors (Lipinski definition) is 1. The van der Waals surface area contributed by atoms with Gasteiger partial charge in [-0.2, -0.15) is 0 Å². The molecule has 1 N–H and O–H groups in total. The molecule has 6 heteroatoms. The predicted octanol–water partition coefficient (Wildman–Crippen LogP) is 3.47. The molecule has 2 aromatic carbocycles. The van der Waals surface area contributed by atoms with E-state index in [9.17, 15) is 13.2 Å². The maximum absolute atomic E-state index is 12.5. The number of aryl methyl sites for hydroxylation is 1. The number of hydrogen-bond acceptors (Lipinski definition) is 3. The maximum atomic E-state index is 12.5. The lowest BCUT2D eigenvalue weighted by molar-refractivity contribution is 0.0793. The lowest BCUT2D eigenvalue weighted by atomic mass is 10.1. The molecule has 2 rings (SSSR count). The van der Waals surface area contributed by atoms with Crippen LogP contribution in [0.4, 0.5) is 0 Å². The van der Waals surface area contributed by atoms with Gasteiger partial charge in [-0.25, -0.2) is 13.1 Å². The van der Waals surface area contributed by atoms with Crippen molar-refractivity contribution in [3.05, 3.63) is 65.7 Å². The summed E-state index contributed by atoms with van der Waals surface area (Å²) in [5.74, 6) is -0.162. The van der Waals surface area contributed by atoms with E-state index < -0.39 is 10.0 Å². The summed E-state index contributed by atoms with van der Waals surface area (Å²) in [6.07, 6.45) is 3.44. The Morgan fingerprint density at radius 3 is 2.48 bits per heavy atom. The van der Waals surface area contributed by atoms with Crippen molar-refractivity contribution in [2.75, 3.05) is 20.1 Å². The largest absolute Gasteiger partial charge is 0.342 e. The lowest BCUT2D eigenvalue weighted by Crippen LogP contribution is -2.28. The summed E-state index contributed by atoms with van der Waals surface area (Å²) in [5, 5.41) is 0. The minimum absolute atomic E-state index is 0.122. The van der Waals surface area contributed by atoms with Crippen LogP contribution in [0, 0.1) is 0 Å². The first-order valence-electron chi connectivity index (χ1n) is 9.33. The number of benzene rings is 2. The molecule has 5 nitrogen and oxygen atoms in total. The molecule has 0 unspecified atom stereocenters. The minimum atomic E-state index is -3.63. The molecule has 0 heterocycles. The highest BCUT2D eigenvalue weighted by atomic mass is 32.2. The van der Waals surface area contributed by atoms with Crippen LogP contribution in [0.2, 0.25) is 0 Å². The molecule has 0 saturated carbocycles. The fourth-order valence-corrected chi connectivity index (χ4v) is 3.86. The lowest BCUT2D eigenvalue weighted by Gasteiger charge is -2.17. The zero-order valence-electron chi connectivity index (χ0n) is 16.0. The summed E-state index contributed by atoms with van der Waals surface area (Å²) in [6.45, 7) is 3.07. The first kappa shape index (κ1) is 21.1. The number of carbonyl (C=O) groups excluding carboxylic acids is 1. The Morgan fingerprint density at radius 2 is 1.78 bits per heavy atom.